The van der Waals surface area contributed by atoms with Gasteiger partial charge in [0.2, 0.25) is 5.91 Å². The molecule has 0 radical (unpaired) electrons. The Kier molecular flexibility index (Phi) is 6.13. The Morgan fingerprint density at radius 3 is 2.83 bits per heavy atom. The summed E-state index contributed by atoms with van der Waals surface area (Å²) in [5, 5.41) is 4.17. The molecule has 1 unspecified atom stereocenters. The molecule has 0 saturated heterocycles. The van der Waals surface area contributed by atoms with Gasteiger partial charge in [-0.05, 0) is 43.6 Å². The van der Waals surface area contributed by atoms with Crippen molar-refractivity contribution in [1.82, 2.24) is 15.2 Å². The van der Waals surface area contributed by atoms with Crippen LogP contribution in [0.3, 0.4) is 0 Å². The number of nitrogens with one attached hydrogen (secondary N) is 2. The summed E-state index contributed by atoms with van der Waals surface area (Å²) < 4.78 is 0. The van der Waals surface area contributed by atoms with E-state index in [0.717, 1.165) is 23.3 Å². The van der Waals surface area contributed by atoms with Crippen LogP contribution in [0, 0.1) is 6.92 Å². The number of H-pyrrole nitrogens is 1. The van der Waals surface area contributed by atoms with Crippen molar-refractivity contribution in [2.75, 3.05) is 18.6 Å². The molecule has 2 amide bonds. The Balaban J connectivity index is 1.52. The highest BCUT2D eigenvalue weighted by Crippen LogP contribution is 2.28. The number of aromatic nitrogens is 1. The van der Waals surface area contributed by atoms with E-state index in [0.29, 0.717) is 25.1 Å². The first-order valence-corrected chi connectivity index (χ1v) is 11.7. The first-order valence-electron chi connectivity index (χ1n) is 10.3. The molecule has 1 atom stereocenters. The summed E-state index contributed by atoms with van der Waals surface area (Å²) in [6.45, 7) is 3.20. The van der Waals surface area contributed by atoms with Crippen molar-refractivity contribution in [3.63, 3.8) is 0 Å². The van der Waals surface area contributed by atoms with Gasteiger partial charge in [0, 0.05) is 47.2 Å². The largest absolute Gasteiger partial charge is 0.358 e. The monoisotopic (exact) mass is 421 g/mol. The Morgan fingerprint density at radius 1 is 1.20 bits per heavy atom. The molecule has 0 aliphatic carbocycles. The van der Waals surface area contributed by atoms with Gasteiger partial charge in [-0.25, -0.2) is 0 Å². The van der Waals surface area contributed by atoms with E-state index in [1.165, 1.54) is 16.6 Å². The zero-order chi connectivity index (χ0) is 21.1. The molecule has 2 aromatic carbocycles. The first kappa shape index (κ1) is 20.5. The van der Waals surface area contributed by atoms with Crippen LogP contribution in [0.4, 0.5) is 0 Å². The summed E-state index contributed by atoms with van der Waals surface area (Å²) >= 11 is 1.68. The molecule has 2 N–H and O–H groups in total. The quantitative estimate of drug-likeness (QED) is 0.634. The molecule has 2 heterocycles. The summed E-state index contributed by atoms with van der Waals surface area (Å²) in [5.41, 5.74) is 5.14. The van der Waals surface area contributed by atoms with E-state index in [1.54, 1.807) is 17.8 Å². The second-order valence-corrected chi connectivity index (χ2v) is 8.80. The van der Waals surface area contributed by atoms with Gasteiger partial charge in [-0.1, -0.05) is 35.9 Å². The third-order valence-corrected chi connectivity index (χ3v) is 6.33. The van der Waals surface area contributed by atoms with Crippen LogP contribution < -0.4 is 5.32 Å². The molecule has 5 nitrogen and oxygen atoms in total. The molecule has 0 fully saturated rings. The number of carbonyl (C=O) groups excluding carboxylic acids is 2. The van der Waals surface area contributed by atoms with Crippen LogP contribution in [0.15, 0.2) is 48.5 Å². The van der Waals surface area contributed by atoms with E-state index < -0.39 is 6.04 Å². The summed E-state index contributed by atoms with van der Waals surface area (Å²) in [7, 11) is 0. The van der Waals surface area contributed by atoms with Gasteiger partial charge < -0.3 is 15.2 Å². The molecule has 0 saturated carbocycles. The topological polar surface area (TPSA) is 65.2 Å². The van der Waals surface area contributed by atoms with Gasteiger partial charge in [-0.15, -0.1) is 0 Å². The van der Waals surface area contributed by atoms with Gasteiger partial charge in [0.15, 0.2) is 0 Å². The average Bonchev–Trinajstić information content (AvgIpc) is 3.14. The highest BCUT2D eigenvalue weighted by molar-refractivity contribution is 7.98. The fourth-order valence-electron chi connectivity index (χ4n) is 4.10. The minimum absolute atomic E-state index is 0.000911. The van der Waals surface area contributed by atoms with Crippen LogP contribution in [0.5, 0.6) is 0 Å². The van der Waals surface area contributed by atoms with Gasteiger partial charge in [-0.3, -0.25) is 9.59 Å². The smallest absolute Gasteiger partial charge is 0.251 e. The van der Waals surface area contributed by atoms with Crippen molar-refractivity contribution >= 4 is 34.5 Å². The van der Waals surface area contributed by atoms with Crippen LogP contribution in [0.25, 0.3) is 10.9 Å². The zero-order valence-electron chi connectivity index (χ0n) is 17.4. The fraction of sp³-hybridized carbons (Fsp3) is 0.333. The lowest BCUT2D eigenvalue weighted by molar-refractivity contribution is -0.134. The number of hydrogen-bond donors (Lipinski definition) is 2. The van der Waals surface area contributed by atoms with E-state index in [-0.39, 0.29) is 11.8 Å². The van der Waals surface area contributed by atoms with Crippen molar-refractivity contribution < 1.29 is 9.59 Å². The fourth-order valence-corrected chi connectivity index (χ4v) is 4.57. The number of benzene rings is 2. The summed E-state index contributed by atoms with van der Waals surface area (Å²) in [4.78, 5) is 31.6. The summed E-state index contributed by atoms with van der Waals surface area (Å²) in [6, 6.07) is 15.2. The number of carbonyl (C=O) groups is 2. The van der Waals surface area contributed by atoms with Crippen LogP contribution in [-0.2, 0) is 17.8 Å². The van der Waals surface area contributed by atoms with Crippen LogP contribution >= 0.6 is 11.8 Å². The average molecular weight is 422 g/mol. The standard InChI is InChI=1S/C24H27N3O2S/c1-16-6-5-7-17(14-16)23(28)26-22(11-13-30-2)24(29)27-12-10-21-19(15-27)18-8-3-4-9-20(18)25-21/h3-9,14,22,25H,10-13,15H2,1-2H3,(H,26,28). The van der Waals surface area contributed by atoms with Crippen molar-refractivity contribution in [2.45, 2.75) is 32.4 Å². The number of aryl methyl sites for hydroxylation is 1. The molecule has 0 spiro atoms. The molecule has 1 aliphatic heterocycles. The Labute approximate surface area is 181 Å². The van der Waals surface area contributed by atoms with Crippen LogP contribution in [0.2, 0.25) is 0 Å². The number of rotatable bonds is 6. The molecule has 30 heavy (non-hydrogen) atoms. The molecule has 1 aliphatic rings. The third kappa shape index (κ3) is 4.24. The predicted molar refractivity (Wildman–Crippen MR) is 123 cm³/mol. The van der Waals surface area contributed by atoms with Gasteiger partial charge in [-0.2, -0.15) is 11.8 Å². The molecule has 156 valence electrons. The SMILES string of the molecule is CSCCC(NC(=O)c1cccc(C)c1)C(=O)N1CCc2[nH]c3ccccc3c2C1. The van der Waals surface area contributed by atoms with Crippen molar-refractivity contribution in [3.8, 4) is 0 Å². The predicted octanol–water partition coefficient (Wildman–Crippen LogP) is 3.91. The number of thioether (sulfide) groups is 1. The number of amides is 2. The molecule has 0 bridgehead atoms. The van der Waals surface area contributed by atoms with E-state index in [2.05, 4.69) is 22.4 Å². The highest BCUT2D eigenvalue weighted by atomic mass is 32.2. The normalized spacial score (nSPS) is 14.4. The highest BCUT2D eigenvalue weighted by Gasteiger charge is 2.30. The maximum absolute atomic E-state index is 13.4. The van der Waals surface area contributed by atoms with E-state index in [9.17, 15) is 9.59 Å². The molecular formula is C24H27N3O2S. The minimum Gasteiger partial charge on any atom is -0.358 e. The third-order valence-electron chi connectivity index (χ3n) is 5.69. The maximum atomic E-state index is 13.4. The molecule has 6 heteroatoms. The summed E-state index contributed by atoms with van der Waals surface area (Å²) in [5.74, 6) is 0.625. The molecule has 3 aromatic rings. The van der Waals surface area contributed by atoms with Gasteiger partial charge in [0.25, 0.3) is 5.91 Å². The Bertz CT molecular complexity index is 1080. The second-order valence-electron chi connectivity index (χ2n) is 7.81. The minimum atomic E-state index is -0.516. The number of nitrogens with zero attached hydrogens (tertiary/aromatic N) is 1. The van der Waals surface area contributed by atoms with Crippen molar-refractivity contribution in [3.05, 3.63) is 70.9 Å². The number of para-hydroxylation sites is 1. The maximum Gasteiger partial charge on any atom is 0.251 e. The lowest BCUT2D eigenvalue weighted by Crippen LogP contribution is -2.50. The molecule has 1 aromatic heterocycles. The molecular weight excluding hydrogens is 394 g/mol. The van der Waals surface area contributed by atoms with E-state index in [1.807, 2.05) is 48.4 Å². The Morgan fingerprint density at radius 2 is 2.03 bits per heavy atom. The van der Waals surface area contributed by atoms with E-state index >= 15 is 0 Å². The lowest BCUT2D eigenvalue weighted by atomic mass is 10.0. The van der Waals surface area contributed by atoms with E-state index in [4.69, 9.17) is 0 Å². The first-order chi connectivity index (χ1) is 14.6. The number of hydrogen-bond acceptors (Lipinski definition) is 3. The van der Waals surface area contributed by atoms with Gasteiger partial charge >= 0.3 is 0 Å². The lowest BCUT2D eigenvalue weighted by Gasteiger charge is -2.31. The van der Waals surface area contributed by atoms with Crippen LogP contribution in [-0.4, -0.2) is 46.3 Å². The second kappa shape index (κ2) is 8.96. The number of fused-ring (bicyclic) bond motifs is 3. The van der Waals surface area contributed by atoms with Crippen LogP contribution in [0.1, 0.15) is 33.6 Å². The van der Waals surface area contributed by atoms with Gasteiger partial charge in [0.1, 0.15) is 6.04 Å². The van der Waals surface area contributed by atoms with Gasteiger partial charge in [0.05, 0.1) is 0 Å². The molecule has 4 rings (SSSR count). The Hall–Kier alpha value is -2.73. The van der Waals surface area contributed by atoms with Crippen molar-refractivity contribution in [2.24, 2.45) is 0 Å². The van der Waals surface area contributed by atoms with Crippen molar-refractivity contribution in [1.29, 1.82) is 0 Å². The zero-order valence-corrected chi connectivity index (χ0v) is 18.2. The summed E-state index contributed by atoms with van der Waals surface area (Å²) in [6.07, 6.45) is 3.44. The number of aromatic amines is 1.